The van der Waals surface area contributed by atoms with Crippen LogP contribution in [0.15, 0.2) is 48.5 Å². The zero-order valence-electron chi connectivity index (χ0n) is 12.3. The van der Waals surface area contributed by atoms with Gasteiger partial charge in [-0.05, 0) is 42.0 Å². The lowest BCUT2D eigenvalue weighted by atomic mass is 9.95. The summed E-state index contributed by atoms with van der Waals surface area (Å²) in [4.78, 5) is 12.0. The molecule has 0 heterocycles. The second kappa shape index (κ2) is 7.82. The first kappa shape index (κ1) is 16.3. The van der Waals surface area contributed by atoms with Gasteiger partial charge in [0.15, 0.2) is 5.78 Å². The first-order valence-electron chi connectivity index (χ1n) is 6.91. The van der Waals surface area contributed by atoms with Gasteiger partial charge in [0.25, 0.3) is 0 Å². The van der Waals surface area contributed by atoms with Crippen molar-refractivity contribution in [3.63, 3.8) is 0 Å². The summed E-state index contributed by atoms with van der Waals surface area (Å²) in [6.07, 6.45) is 0. The quantitative estimate of drug-likeness (QED) is 0.823. The third-order valence-electron chi connectivity index (χ3n) is 3.42. The SMILES string of the molecule is COc1ccc(NCC(C(=O)CO)c2ccc(Cl)cc2)cc1. The number of anilines is 1. The van der Waals surface area contributed by atoms with Gasteiger partial charge in [-0.25, -0.2) is 0 Å². The van der Waals surface area contributed by atoms with Gasteiger partial charge >= 0.3 is 0 Å². The molecule has 2 aromatic carbocycles. The fraction of sp³-hybridized carbons (Fsp3) is 0.235. The molecule has 1 unspecified atom stereocenters. The highest BCUT2D eigenvalue weighted by molar-refractivity contribution is 6.30. The number of aliphatic hydroxyl groups is 1. The summed E-state index contributed by atoms with van der Waals surface area (Å²) in [6, 6.07) is 14.5. The number of hydrogen-bond acceptors (Lipinski definition) is 4. The minimum Gasteiger partial charge on any atom is -0.497 e. The second-order valence-electron chi connectivity index (χ2n) is 4.84. The van der Waals surface area contributed by atoms with Crippen molar-refractivity contribution in [1.29, 1.82) is 0 Å². The summed E-state index contributed by atoms with van der Waals surface area (Å²) >= 11 is 5.87. The zero-order chi connectivity index (χ0) is 15.9. The summed E-state index contributed by atoms with van der Waals surface area (Å²) < 4.78 is 5.10. The highest BCUT2D eigenvalue weighted by atomic mass is 35.5. The second-order valence-corrected chi connectivity index (χ2v) is 5.27. The Kier molecular flexibility index (Phi) is 5.81. The highest BCUT2D eigenvalue weighted by Gasteiger charge is 2.19. The third kappa shape index (κ3) is 4.23. The van der Waals surface area contributed by atoms with Gasteiger partial charge in [0.2, 0.25) is 0 Å². The Morgan fingerprint density at radius 3 is 2.36 bits per heavy atom. The minimum atomic E-state index is -0.489. The van der Waals surface area contributed by atoms with Crippen molar-refractivity contribution in [2.45, 2.75) is 5.92 Å². The monoisotopic (exact) mass is 319 g/mol. The molecule has 1 atom stereocenters. The Balaban J connectivity index is 2.09. The maximum atomic E-state index is 12.0. The lowest BCUT2D eigenvalue weighted by molar-refractivity contribution is -0.122. The molecular formula is C17H18ClNO3. The molecule has 116 valence electrons. The van der Waals surface area contributed by atoms with Gasteiger partial charge in [-0.3, -0.25) is 4.79 Å². The number of hydrogen-bond donors (Lipinski definition) is 2. The van der Waals surface area contributed by atoms with E-state index >= 15 is 0 Å². The number of methoxy groups -OCH3 is 1. The Hall–Kier alpha value is -2.04. The van der Waals surface area contributed by atoms with Crippen molar-refractivity contribution in [2.24, 2.45) is 0 Å². The average Bonchev–Trinajstić information content (AvgIpc) is 2.56. The lowest BCUT2D eigenvalue weighted by Crippen LogP contribution is -2.23. The van der Waals surface area contributed by atoms with Crippen LogP contribution < -0.4 is 10.1 Å². The van der Waals surface area contributed by atoms with Gasteiger partial charge in [0.1, 0.15) is 12.4 Å². The molecule has 0 radical (unpaired) electrons. The molecule has 0 aromatic heterocycles. The van der Waals surface area contributed by atoms with Crippen LogP contribution in [-0.4, -0.2) is 31.2 Å². The minimum absolute atomic E-state index is 0.233. The van der Waals surface area contributed by atoms with Crippen LogP contribution in [0.2, 0.25) is 5.02 Å². The Labute approximate surface area is 134 Å². The number of carbonyl (C=O) groups is 1. The van der Waals surface area contributed by atoms with Crippen LogP contribution in [0.4, 0.5) is 5.69 Å². The summed E-state index contributed by atoms with van der Waals surface area (Å²) in [7, 11) is 1.61. The Bertz CT molecular complexity index is 611. The van der Waals surface area contributed by atoms with Crippen molar-refractivity contribution in [3.05, 3.63) is 59.1 Å². The van der Waals surface area contributed by atoms with E-state index in [1.807, 2.05) is 24.3 Å². The molecule has 0 amide bonds. The molecule has 0 aliphatic rings. The number of halogens is 1. The molecule has 0 aliphatic heterocycles. The molecule has 2 rings (SSSR count). The van der Waals surface area contributed by atoms with E-state index in [0.29, 0.717) is 11.6 Å². The molecule has 0 bridgehead atoms. The molecule has 0 aliphatic carbocycles. The number of Topliss-reactive ketones (excluding diaryl/α,β-unsaturated/α-hetero) is 1. The molecular weight excluding hydrogens is 302 g/mol. The van der Waals surface area contributed by atoms with Crippen LogP contribution in [0.1, 0.15) is 11.5 Å². The molecule has 0 saturated carbocycles. The number of benzene rings is 2. The molecule has 0 saturated heterocycles. The van der Waals surface area contributed by atoms with Gasteiger partial charge in [-0.15, -0.1) is 0 Å². The lowest BCUT2D eigenvalue weighted by Gasteiger charge is -2.17. The maximum absolute atomic E-state index is 12.0. The van der Waals surface area contributed by atoms with Crippen molar-refractivity contribution >= 4 is 23.1 Å². The predicted octanol–water partition coefficient (Wildman–Crippen LogP) is 3.11. The first-order chi connectivity index (χ1) is 10.6. The fourth-order valence-electron chi connectivity index (χ4n) is 2.15. The first-order valence-corrected chi connectivity index (χ1v) is 7.29. The molecule has 0 spiro atoms. The van der Waals surface area contributed by atoms with E-state index in [1.165, 1.54) is 0 Å². The Morgan fingerprint density at radius 2 is 1.82 bits per heavy atom. The summed E-state index contributed by atoms with van der Waals surface area (Å²) in [5, 5.41) is 13.0. The van der Waals surface area contributed by atoms with Crippen LogP contribution in [0.5, 0.6) is 5.75 Å². The van der Waals surface area contributed by atoms with Crippen molar-refractivity contribution in [2.75, 3.05) is 25.6 Å². The third-order valence-corrected chi connectivity index (χ3v) is 3.67. The van der Waals surface area contributed by atoms with Gasteiger partial charge in [-0.1, -0.05) is 23.7 Å². The largest absolute Gasteiger partial charge is 0.497 e. The number of nitrogens with one attached hydrogen (secondary N) is 1. The van der Waals surface area contributed by atoms with Crippen LogP contribution >= 0.6 is 11.6 Å². The molecule has 2 aromatic rings. The van der Waals surface area contributed by atoms with E-state index in [1.54, 1.807) is 31.4 Å². The maximum Gasteiger partial charge on any atom is 0.167 e. The summed E-state index contributed by atoms with van der Waals surface area (Å²) in [5.41, 5.74) is 1.70. The normalized spacial score (nSPS) is 11.8. The molecule has 22 heavy (non-hydrogen) atoms. The van der Waals surface area contributed by atoms with Gasteiger partial charge in [0.05, 0.1) is 13.0 Å². The van der Waals surface area contributed by atoms with E-state index in [0.717, 1.165) is 17.0 Å². The van der Waals surface area contributed by atoms with Crippen molar-refractivity contribution in [3.8, 4) is 5.75 Å². The van der Waals surface area contributed by atoms with Crippen LogP contribution in [0, 0.1) is 0 Å². The number of carbonyl (C=O) groups excluding carboxylic acids is 1. The van der Waals surface area contributed by atoms with Crippen LogP contribution in [0.25, 0.3) is 0 Å². The summed E-state index contributed by atoms with van der Waals surface area (Å²) in [6.45, 7) is -0.0923. The topological polar surface area (TPSA) is 58.6 Å². The van der Waals surface area contributed by atoms with Gasteiger partial charge in [0, 0.05) is 17.3 Å². The van der Waals surface area contributed by atoms with E-state index in [9.17, 15) is 4.79 Å². The highest BCUT2D eigenvalue weighted by Crippen LogP contribution is 2.21. The smallest absolute Gasteiger partial charge is 0.167 e. The zero-order valence-corrected chi connectivity index (χ0v) is 13.0. The molecule has 5 heteroatoms. The summed E-state index contributed by atoms with van der Waals surface area (Å²) in [5.74, 6) is 0.110. The molecule has 0 fully saturated rings. The van der Waals surface area contributed by atoms with E-state index in [2.05, 4.69) is 5.32 Å². The van der Waals surface area contributed by atoms with Crippen LogP contribution in [-0.2, 0) is 4.79 Å². The number of ether oxygens (including phenoxy) is 1. The van der Waals surface area contributed by atoms with E-state index in [4.69, 9.17) is 21.4 Å². The van der Waals surface area contributed by atoms with Gasteiger partial charge in [-0.2, -0.15) is 0 Å². The molecule has 2 N–H and O–H groups in total. The van der Waals surface area contributed by atoms with E-state index < -0.39 is 12.5 Å². The number of rotatable bonds is 7. The molecule has 4 nitrogen and oxygen atoms in total. The van der Waals surface area contributed by atoms with Crippen molar-refractivity contribution < 1.29 is 14.6 Å². The number of ketones is 1. The fourth-order valence-corrected chi connectivity index (χ4v) is 2.28. The Morgan fingerprint density at radius 1 is 1.18 bits per heavy atom. The standard InChI is InChI=1S/C17H18ClNO3/c1-22-15-8-6-14(7-9-15)19-10-16(17(21)11-20)12-2-4-13(18)5-3-12/h2-9,16,19-20H,10-11H2,1H3. The van der Waals surface area contributed by atoms with Crippen LogP contribution in [0.3, 0.4) is 0 Å². The average molecular weight is 320 g/mol. The van der Waals surface area contributed by atoms with E-state index in [-0.39, 0.29) is 5.78 Å². The number of aliphatic hydroxyl groups excluding tert-OH is 1. The van der Waals surface area contributed by atoms with Gasteiger partial charge < -0.3 is 15.2 Å². The van der Waals surface area contributed by atoms with Crippen molar-refractivity contribution in [1.82, 2.24) is 0 Å². The predicted molar refractivity (Wildman–Crippen MR) is 87.8 cm³/mol.